The Morgan fingerprint density at radius 1 is 0.864 bits per heavy atom. The smallest absolute Gasteiger partial charge is 0.245 e. The summed E-state index contributed by atoms with van der Waals surface area (Å²) in [5, 5.41) is 0. The minimum atomic E-state index is -0.265. The molecule has 110 valence electrons. The molecule has 3 heterocycles. The number of nitrogens with zero attached hydrogens (tertiary/aromatic N) is 3. The highest BCUT2D eigenvalue weighted by Crippen LogP contribution is 2.50. The maximum Gasteiger partial charge on any atom is 0.352 e. The number of hydrogen-bond donors (Lipinski definition) is 0. The lowest BCUT2D eigenvalue weighted by atomic mass is 10.0. The highest BCUT2D eigenvalue weighted by atomic mass is 16.2. The van der Waals surface area contributed by atoms with Crippen LogP contribution in [0.4, 0.5) is 0 Å². The van der Waals surface area contributed by atoms with Crippen molar-refractivity contribution in [1.29, 1.82) is 0 Å². The Bertz CT molecular complexity index is 929. The van der Waals surface area contributed by atoms with E-state index in [1.54, 1.807) is 21.5 Å². The average Bonchev–Trinajstić information content (AvgIpc) is 3.22. The van der Waals surface area contributed by atoms with Crippen LogP contribution in [-0.4, -0.2) is 13.9 Å². The zero-order chi connectivity index (χ0) is 14.8. The van der Waals surface area contributed by atoms with Crippen LogP contribution in [0.3, 0.4) is 0 Å². The first-order valence-electron chi connectivity index (χ1n) is 7.64. The molecule has 5 nitrogen and oxygen atoms in total. The van der Waals surface area contributed by atoms with Crippen LogP contribution >= 0.6 is 0 Å². The predicted octanol–water partition coefficient (Wildman–Crippen LogP) is 1.66. The van der Waals surface area contributed by atoms with E-state index in [-0.39, 0.29) is 23.5 Å². The van der Waals surface area contributed by atoms with Gasteiger partial charge in [0.25, 0.3) is 0 Å². The highest BCUT2D eigenvalue weighted by Gasteiger charge is 2.46. The summed E-state index contributed by atoms with van der Waals surface area (Å²) in [6, 6.07) is 8.97. The number of hydrogen-bond acceptors (Lipinski definition) is 2. The van der Waals surface area contributed by atoms with Crippen LogP contribution in [0.25, 0.3) is 5.69 Å². The monoisotopic (exact) mass is 293 g/mol. The summed E-state index contributed by atoms with van der Waals surface area (Å²) in [4.78, 5) is 25.7. The van der Waals surface area contributed by atoms with E-state index < -0.39 is 0 Å². The third kappa shape index (κ3) is 1.43. The summed E-state index contributed by atoms with van der Waals surface area (Å²) in [7, 11) is 0. The minimum absolute atomic E-state index is 0.00337. The molecule has 1 aromatic carbocycles. The van der Waals surface area contributed by atoms with Crippen LogP contribution in [0, 0.1) is 11.8 Å². The van der Waals surface area contributed by atoms with Crippen molar-refractivity contribution in [2.75, 3.05) is 0 Å². The van der Waals surface area contributed by atoms with Gasteiger partial charge in [0.1, 0.15) is 0 Å². The van der Waals surface area contributed by atoms with Crippen molar-refractivity contribution >= 4 is 0 Å². The Morgan fingerprint density at radius 3 is 2.41 bits per heavy atom. The highest BCUT2D eigenvalue weighted by molar-refractivity contribution is 5.31. The van der Waals surface area contributed by atoms with Crippen LogP contribution in [0.2, 0.25) is 0 Å². The van der Waals surface area contributed by atoms with Crippen LogP contribution < -0.4 is 11.4 Å². The first-order chi connectivity index (χ1) is 10.8. The second-order valence-corrected chi connectivity index (χ2v) is 6.24. The quantitative estimate of drug-likeness (QED) is 0.751. The lowest BCUT2D eigenvalue weighted by Gasteiger charge is -2.27. The molecule has 0 radical (unpaired) electrons. The Hall–Kier alpha value is -2.56. The molecule has 0 saturated heterocycles. The van der Waals surface area contributed by atoms with Crippen LogP contribution in [0.1, 0.15) is 18.5 Å². The fourth-order valence-corrected chi connectivity index (χ4v) is 3.78. The molecule has 6 rings (SSSR count). The fourth-order valence-electron chi connectivity index (χ4n) is 3.78. The molecular weight excluding hydrogens is 278 g/mol. The van der Waals surface area contributed by atoms with Crippen molar-refractivity contribution in [3.05, 3.63) is 75.6 Å². The van der Waals surface area contributed by atoms with E-state index in [2.05, 4.69) is 12.2 Å². The normalized spacial score (nSPS) is 32.0. The van der Waals surface area contributed by atoms with Gasteiger partial charge in [-0.3, -0.25) is 0 Å². The van der Waals surface area contributed by atoms with E-state index in [0.717, 1.165) is 6.42 Å². The van der Waals surface area contributed by atoms with Crippen molar-refractivity contribution in [1.82, 2.24) is 13.9 Å². The average molecular weight is 293 g/mol. The van der Waals surface area contributed by atoms with Crippen molar-refractivity contribution in [2.24, 2.45) is 11.8 Å². The maximum atomic E-state index is 12.9. The number of benzene rings is 1. The second kappa shape index (κ2) is 4.00. The Balaban J connectivity index is 1.83. The van der Waals surface area contributed by atoms with Crippen molar-refractivity contribution < 1.29 is 0 Å². The third-order valence-corrected chi connectivity index (χ3v) is 4.98. The van der Waals surface area contributed by atoms with E-state index in [9.17, 15) is 9.59 Å². The van der Waals surface area contributed by atoms with Crippen LogP contribution in [-0.2, 0) is 0 Å². The zero-order valence-corrected chi connectivity index (χ0v) is 11.9. The first-order valence-corrected chi connectivity index (χ1v) is 7.64. The lowest BCUT2D eigenvalue weighted by molar-refractivity contribution is 0.339. The number of allylic oxidation sites excluding steroid dienone is 4. The van der Waals surface area contributed by atoms with Crippen molar-refractivity contribution in [3.8, 4) is 5.69 Å². The zero-order valence-electron chi connectivity index (χ0n) is 11.9. The van der Waals surface area contributed by atoms with Gasteiger partial charge >= 0.3 is 11.4 Å². The second-order valence-electron chi connectivity index (χ2n) is 6.24. The standard InChI is InChI=1S/C17H15N3O2/c21-16-18(12-4-2-1-3-5-12)17(22)20-15-9-8-13(19(16)20)7-6-11-10-14(11)15/h1-9,11,13-15H,10H2/b7-6-. The largest absolute Gasteiger partial charge is 0.352 e. The molecule has 4 aliphatic rings. The minimum Gasteiger partial charge on any atom is -0.245 e. The topological polar surface area (TPSA) is 48.9 Å². The molecule has 2 aliphatic heterocycles. The van der Waals surface area contributed by atoms with Gasteiger partial charge in [-0.15, -0.1) is 0 Å². The number of para-hydroxylation sites is 1. The van der Waals surface area contributed by atoms with Crippen LogP contribution in [0.15, 0.2) is 64.2 Å². The van der Waals surface area contributed by atoms with Gasteiger partial charge in [0.05, 0.1) is 17.8 Å². The van der Waals surface area contributed by atoms with Gasteiger partial charge in [-0.05, 0) is 30.4 Å². The first kappa shape index (κ1) is 12.0. The van der Waals surface area contributed by atoms with Crippen molar-refractivity contribution in [2.45, 2.75) is 18.5 Å². The van der Waals surface area contributed by atoms with E-state index in [4.69, 9.17) is 0 Å². The van der Waals surface area contributed by atoms with E-state index in [1.165, 1.54) is 4.57 Å². The van der Waals surface area contributed by atoms with Crippen LogP contribution in [0.5, 0.6) is 0 Å². The predicted molar refractivity (Wildman–Crippen MR) is 82.2 cm³/mol. The molecule has 1 aromatic heterocycles. The molecule has 2 aromatic rings. The van der Waals surface area contributed by atoms with E-state index in [1.807, 2.05) is 30.4 Å². The number of rotatable bonds is 1. The summed E-state index contributed by atoms with van der Waals surface area (Å²) < 4.78 is 4.54. The molecule has 1 fully saturated rings. The molecular formula is C17H15N3O2. The lowest BCUT2D eigenvalue weighted by Crippen LogP contribution is -2.36. The van der Waals surface area contributed by atoms with Gasteiger partial charge in [0.2, 0.25) is 0 Å². The number of aromatic nitrogens is 3. The molecule has 1 saturated carbocycles. The summed E-state index contributed by atoms with van der Waals surface area (Å²) in [6.07, 6.45) is 9.46. The molecule has 0 N–H and O–H groups in total. The van der Waals surface area contributed by atoms with Gasteiger partial charge in [-0.25, -0.2) is 23.5 Å². The van der Waals surface area contributed by atoms with E-state index >= 15 is 0 Å². The molecule has 2 bridgehead atoms. The summed E-state index contributed by atoms with van der Waals surface area (Å²) >= 11 is 0. The summed E-state index contributed by atoms with van der Waals surface area (Å²) in [5.41, 5.74) is 0.121. The van der Waals surface area contributed by atoms with Gasteiger partial charge in [0, 0.05) is 0 Å². The van der Waals surface area contributed by atoms with Gasteiger partial charge in [-0.1, -0.05) is 42.5 Å². The molecule has 4 atom stereocenters. The third-order valence-electron chi connectivity index (χ3n) is 4.98. The molecule has 0 spiro atoms. The van der Waals surface area contributed by atoms with E-state index in [0.29, 0.717) is 17.5 Å². The molecule has 0 amide bonds. The SMILES string of the molecule is O=c1n(-c2ccccc2)c(=O)n2n1C1C=CC2C2CC2/C=C\1. The Morgan fingerprint density at radius 2 is 1.59 bits per heavy atom. The Kier molecular flexibility index (Phi) is 2.19. The fraction of sp³-hybridized carbons (Fsp3) is 0.294. The molecule has 2 aliphatic carbocycles. The maximum absolute atomic E-state index is 12.9. The molecule has 5 heteroatoms. The summed E-state index contributed by atoms with van der Waals surface area (Å²) in [5.74, 6) is 0.983. The van der Waals surface area contributed by atoms with Gasteiger partial charge in [0.15, 0.2) is 0 Å². The van der Waals surface area contributed by atoms with Crippen molar-refractivity contribution in [3.63, 3.8) is 0 Å². The van der Waals surface area contributed by atoms with Gasteiger partial charge in [-0.2, -0.15) is 0 Å². The molecule has 22 heavy (non-hydrogen) atoms. The summed E-state index contributed by atoms with van der Waals surface area (Å²) in [6.45, 7) is 0. The molecule has 4 unspecified atom stereocenters. The van der Waals surface area contributed by atoms with Gasteiger partial charge < -0.3 is 0 Å². The Labute approximate surface area is 126 Å².